The lowest BCUT2D eigenvalue weighted by molar-refractivity contribution is -0.120. The number of methoxy groups -OCH3 is 1. The van der Waals surface area contributed by atoms with Gasteiger partial charge in [-0.1, -0.05) is 11.6 Å². The van der Waals surface area contributed by atoms with Crippen LogP contribution in [0.15, 0.2) is 11.6 Å². The van der Waals surface area contributed by atoms with Crippen LogP contribution in [-0.2, 0) is 23.7 Å². The van der Waals surface area contributed by atoms with E-state index in [9.17, 15) is 9.59 Å². The van der Waals surface area contributed by atoms with Crippen molar-refractivity contribution in [2.24, 2.45) is 11.7 Å². The number of carbonyl (C=O) groups is 2. The second kappa shape index (κ2) is 10.1. The molecule has 1 spiro atoms. The highest BCUT2D eigenvalue weighted by Crippen LogP contribution is 2.59. The molecular formula is C25H41N3O6. The molecule has 2 saturated heterocycles. The number of ether oxygens (including phenoxy) is 4. The van der Waals surface area contributed by atoms with Gasteiger partial charge in [-0.15, -0.1) is 0 Å². The summed E-state index contributed by atoms with van der Waals surface area (Å²) in [4.78, 5) is 24.3. The Morgan fingerprint density at radius 1 is 1.12 bits per heavy atom. The third-order valence-electron chi connectivity index (χ3n) is 8.10. The van der Waals surface area contributed by atoms with E-state index < -0.39 is 6.09 Å². The molecule has 9 nitrogen and oxygen atoms in total. The van der Waals surface area contributed by atoms with Crippen LogP contribution in [0.1, 0.15) is 65.7 Å². The Labute approximate surface area is 202 Å². The van der Waals surface area contributed by atoms with Gasteiger partial charge in [-0.25, -0.2) is 4.79 Å². The number of allylic oxidation sites excluding steroid dienone is 1. The molecule has 192 valence electrons. The fraction of sp³-hybridized carbons (Fsp3) is 0.840. The first kappa shape index (κ1) is 25.4. The van der Waals surface area contributed by atoms with E-state index in [4.69, 9.17) is 24.7 Å². The van der Waals surface area contributed by atoms with Crippen molar-refractivity contribution >= 4 is 12.0 Å². The van der Waals surface area contributed by atoms with Crippen molar-refractivity contribution in [3.8, 4) is 0 Å². The Morgan fingerprint density at radius 2 is 1.76 bits per heavy atom. The summed E-state index contributed by atoms with van der Waals surface area (Å²) in [6.07, 6.45) is 6.88. The lowest BCUT2D eigenvalue weighted by Crippen LogP contribution is -2.56. The van der Waals surface area contributed by atoms with Gasteiger partial charge in [0.15, 0.2) is 0 Å². The monoisotopic (exact) mass is 479 g/mol. The summed E-state index contributed by atoms with van der Waals surface area (Å²) in [6.45, 7) is 7.03. The number of nitrogens with two attached hydrogens (primary N) is 1. The van der Waals surface area contributed by atoms with Gasteiger partial charge in [-0.2, -0.15) is 0 Å². The maximum atomic E-state index is 12.8. The summed E-state index contributed by atoms with van der Waals surface area (Å²) in [7, 11) is 1.68. The summed E-state index contributed by atoms with van der Waals surface area (Å²) in [5.41, 5.74) is 6.06. The van der Waals surface area contributed by atoms with Crippen molar-refractivity contribution in [3.05, 3.63) is 11.6 Å². The molecule has 2 heterocycles. The van der Waals surface area contributed by atoms with Crippen LogP contribution in [0.4, 0.5) is 4.79 Å². The fourth-order valence-corrected chi connectivity index (χ4v) is 6.08. The van der Waals surface area contributed by atoms with Gasteiger partial charge in [0, 0.05) is 19.2 Å². The van der Waals surface area contributed by atoms with Crippen LogP contribution in [0, 0.1) is 5.92 Å². The van der Waals surface area contributed by atoms with E-state index in [0.29, 0.717) is 13.0 Å². The predicted octanol–water partition coefficient (Wildman–Crippen LogP) is 2.18. The zero-order valence-electron chi connectivity index (χ0n) is 20.9. The first-order chi connectivity index (χ1) is 16.2. The zero-order valence-corrected chi connectivity index (χ0v) is 20.9. The van der Waals surface area contributed by atoms with Crippen molar-refractivity contribution in [1.29, 1.82) is 0 Å². The number of epoxide rings is 2. The molecule has 2 saturated carbocycles. The van der Waals surface area contributed by atoms with Crippen LogP contribution in [0.5, 0.6) is 0 Å². The molecule has 4 fully saturated rings. The Hall–Kier alpha value is -1.68. The molecule has 0 radical (unpaired) electrons. The lowest BCUT2D eigenvalue weighted by Gasteiger charge is -2.42. The van der Waals surface area contributed by atoms with Gasteiger partial charge >= 0.3 is 6.09 Å². The first-order valence-corrected chi connectivity index (χ1v) is 12.7. The Kier molecular flexibility index (Phi) is 7.57. The van der Waals surface area contributed by atoms with Gasteiger partial charge < -0.3 is 35.3 Å². The minimum atomic E-state index is -0.407. The minimum Gasteiger partial charge on any atom is -0.443 e. The summed E-state index contributed by atoms with van der Waals surface area (Å²) >= 11 is 0. The number of alkyl carbamates (subject to hydrolysis) is 1. The Bertz CT molecular complexity index is 788. The smallest absolute Gasteiger partial charge is 0.407 e. The van der Waals surface area contributed by atoms with Gasteiger partial charge in [0.1, 0.15) is 23.4 Å². The maximum absolute atomic E-state index is 12.8. The van der Waals surface area contributed by atoms with E-state index in [0.717, 1.165) is 38.5 Å². The van der Waals surface area contributed by atoms with Crippen molar-refractivity contribution in [2.45, 2.75) is 107 Å². The summed E-state index contributed by atoms with van der Waals surface area (Å²) < 4.78 is 24.1. The lowest BCUT2D eigenvalue weighted by atomic mass is 9.68. The van der Waals surface area contributed by atoms with Gasteiger partial charge in [0.25, 0.3) is 0 Å². The molecule has 4 aliphatic rings. The summed E-state index contributed by atoms with van der Waals surface area (Å²) in [5.74, 6) is -0.129. The number of rotatable bonds is 8. The van der Waals surface area contributed by atoms with E-state index in [-0.39, 0.29) is 60.0 Å². The van der Waals surface area contributed by atoms with Crippen LogP contribution < -0.4 is 16.4 Å². The van der Waals surface area contributed by atoms with Crippen LogP contribution in [0.2, 0.25) is 0 Å². The highest BCUT2D eigenvalue weighted by molar-refractivity contribution is 5.78. The largest absolute Gasteiger partial charge is 0.443 e. The summed E-state index contributed by atoms with van der Waals surface area (Å²) in [6, 6.07) is 0.158. The number of nitrogens with one attached hydrogen (secondary N) is 2. The van der Waals surface area contributed by atoms with Crippen molar-refractivity contribution in [2.75, 3.05) is 20.3 Å². The van der Waals surface area contributed by atoms with Crippen LogP contribution >= 0.6 is 0 Å². The van der Waals surface area contributed by atoms with E-state index >= 15 is 0 Å². The fourth-order valence-electron chi connectivity index (χ4n) is 6.08. The second-order valence-electron chi connectivity index (χ2n) is 10.8. The van der Waals surface area contributed by atoms with Gasteiger partial charge in [0.05, 0.1) is 25.2 Å². The average molecular weight is 480 g/mol. The van der Waals surface area contributed by atoms with Gasteiger partial charge in [0.2, 0.25) is 5.91 Å². The molecular weight excluding hydrogens is 438 g/mol. The van der Waals surface area contributed by atoms with E-state index in [1.54, 1.807) is 7.11 Å². The third kappa shape index (κ3) is 5.42. The topological polar surface area (TPSA) is 128 Å². The molecule has 0 aromatic rings. The molecule has 0 aromatic heterocycles. The quantitative estimate of drug-likeness (QED) is 0.360. The van der Waals surface area contributed by atoms with Crippen LogP contribution in [0.25, 0.3) is 0 Å². The molecule has 6 atom stereocenters. The molecule has 9 heteroatoms. The molecule has 34 heavy (non-hydrogen) atoms. The van der Waals surface area contributed by atoms with E-state index in [1.807, 2.05) is 0 Å². The standard InChI is InChI=1S/C25H41N3O6/c1-15(2)5-10-19-24(3,34-19)22-21(31-4)18(11-12-25(22)14-32-25)33-23(30)28-17-8-6-16(7-9-17)27-20(29)13-26/h5,16-19,21-22H,6-14,26H2,1-4H3,(H,27,29)(H,28,30)/t16-,17-,18?,19-,21?,22?,24+,25+/m1/s1. The first-order valence-electron chi connectivity index (χ1n) is 12.7. The molecule has 0 bridgehead atoms. The number of hydrogen-bond acceptors (Lipinski definition) is 7. The minimum absolute atomic E-state index is 0.000341. The molecule has 2 amide bonds. The van der Waals surface area contributed by atoms with Gasteiger partial charge in [-0.3, -0.25) is 4.79 Å². The predicted molar refractivity (Wildman–Crippen MR) is 126 cm³/mol. The van der Waals surface area contributed by atoms with E-state index in [1.165, 1.54) is 5.57 Å². The SMILES string of the molecule is COC1C(OC(=O)N[C@H]2CC[C@H](NC(=O)CN)CC2)CC[C@]2(CO2)C1[C@@]1(C)O[C@@H]1CC=C(C)C. The normalized spacial score (nSPS) is 40.9. The second-order valence-corrected chi connectivity index (χ2v) is 10.8. The highest BCUT2D eigenvalue weighted by Gasteiger charge is 2.72. The van der Waals surface area contributed by atoms with Crippen molar-refractivity contribution in [1.82, 2.24) is 10.6 Å². The molecule has 4 N–H and O–H groups in total. The van der Waals surface area contributed by atoms with E-state index in [2.05, 4.69) is 37.5 Å². The number of carbonyl (C=O) groups excluding carboxylic acids is 2. The average Bonchev–Trinajstić information content (AvgIpc) is 3.72. The third-order valence-corrected chi connectivity index (χ3v) is 8.10. The molecule has 4 rings (SSSR count). The number of hydrogen-bond donors (Lipinski definition) is 3. The molecule has 0 aromatic carbocycles. The van der Waals surface area contributed by atoms with Crippen molar-refractivity contribution < 1.29 is 28.5 Å². The van der Waals surface area contributed by atoms with Crippen molar-refractivity contribution in [3.63, 3.8) is 0 Å². The summed E-state index contributed by atoms with van der Waals surface area (Å²) in [5, 5.41) is 5.95. The Morgan fingerprint density at radius 3 is 2.32 bits per heavy atom. The molecule has 3 unspecified atom stereocenters. The van der Waals surface area contributed by atoms with Crippen LogP contribution in [0.3, 0.4) is 0 Å². The maximum Gasteiger partial charge on any atom is 0.407 e. The zero-order chi connectivity index (χ0) is 24.5. The Balaban J connectivity index is 1.32. The molecule has 2 aliphatic carbocycles. The number of amides is 2. The van der Waals surface area contributed by atoms with Crippen LogP contribution in [-0.4, -0.2) is 73.9 Å². The molecule has 2 aliphatic heterocycles. The highest BCUT2D eigenvalue weighted by atomic mass is 16.6. The van der Waals surface area contributed by atoms with Gasteiger partial charge in [-0.05, 0) is 65.7 Å².